The number of likely N-dealkylation sites (N-methyl/N-ethyl adjacent to an activating group) is 1. The molecule has 1 aliphatic rings. The second-order valence-electron chi connectivity index (χ2n) is 8.62. The van der Waals surface area contributed by atoms with E-state index in [1.165, 1.54) is 0 Å². The van der Waals surface area contributed by atoms with Crippen LogP contribution >= 0.6 is 0 Å². The third kappa shape index (κ3) is 5.46. The summed E-state index contributed by atoms with van der Waals surface area (Å²) in [7, 11) is 1.90. The number of nitrogens with zero attached hydrogens (tertiary/aromatic N) is 2. The minimum absolute atomic E-state index is 0.102. The number of amides is 1. The summed E-state index contributed by atoms with van der Waals surface area (Å²) in [5, 5.41) is 10.4. The van der Waals surface area contributed by atoms with Crippen molar-refractivity contribution in [1.82, 2.24) is 9.80 Å². The van der Waals surface area contributed by atoms with Crippen molar-refractivity contribution in [2.24, 2.45) is 5.92 Å². The molecule has 4 heteroatoms. The summed E-state index contributed by atoms with van der Waals surface area (Å²) in [6, 6.07) is 20.2. The zero-order valence-electron chi connectivity index (χ0n) is 17.9. The van der Waals surface area contributed by atoms with Crippen LogP contribution in [0.5, 0.6) is 0 Å². The summed E-state index contributed by atoms with van der Waals surface area (Å²) in [6.07, 6.45) is 2.42. The van der Waals surface area contributed by atoms with Gasteiger partial charge in [0.2, 0.25) is 5.91 Å². The van der Waals surface area contributed by atoms with E-state index >= 15 is 0 Å². The predicted octanol–water partition coefficient (Wildman–Crippen LogP) is 4.11. The summed E-state index contributed by atoms with van der Waals surface area (Å²) in [5.74, 6) is 0.297. The number of carbonyl (C=O) groups excluding carboxylic acids is 1. The maximum Gasteiger partial charge on any atom is 0.234 e. The van der Waals surface area contributed by atoms with Gasteiger partial charge < -0.3 is 10.0 Å². The molecule has 156 valence electrons. The Morgan fingerprint density at radius 2 is 1.62 bits per heavy atom. The highest BCUT2D eigenvalue weighted by Crippen LogP contribution is 2.28. The molecule has 0 spiro atoms. The van der Waals surface area contributed by atoms with Gasteiger partial charge in [0.15, 0.2) is 0 Å². The zero-order valence-corrected chi connectivity index (χ0v) is 17.9. The maximum atomic E-state index is 13.6. The van der Waals surface area contributed by atoms with Gasteiger partial charge in [-0.25, -0.2) is 0 Å². The molecular weight excluding hydrogens is 360 g/mol. The standard InChI is InChI=1S/C25H34N2O2/c1-19(2)17-22(27-16-10-15-23(27)28)18-26(3)25(29)24(20-11-6-4-7-12-20)21-13-8-5-9-14-21/h4-9,11-14,19,22-24,28H,10,15-18H2,1-3H3/t22?,23-/m0/s1. The van der Waals surface area contributed by atoms with E-state index in [4.69, 9.17) is 0 Å². The lowest BCUT2D eigenvalue weighted by atomic mass is 9.90. The smallest absolute Gasteiger partial charge is 0.234 e. The largest absolute Gasteiger partial charge is 0.378 e. The highest BCUT2D eigenvalue weighted by atomic mass is 16.3. The number of aliphatic hydroxyl groups is 1. The van der Waals surface area contributed by atoms with Gasteiger partial charge in [-0.2, -0.15) is 0 Å². The lowest BCUT2D eigenvalue weighted by Crippen LogP contribution is -2.48. The average molecular weight is 395 g/mol. The Kier molecular flexibility index (Phi) is 7.45. The van der Waals surface area contributed by atoms with Crippen molar-refractivity contribution in [3.05, 3.63) is 71.8 Å². The lowest BCUT2D eigenvalue weighted by molar-refractivity contribution is -0.132. The van der Waals surface area contributed by atoms with E-state index in [0.29, 0.717) is 12.5 Å². The van der Waals surface area contributed by atoms with E-state index in [0.717, 1.165) is 36.9 Å². The van der Waals surface area contributed by atoms with Gasteiger partial charge >= 0.3 is 0 Å². The monoisotopic (exact) mass is 394 g/mol. The first-order chi connectivity index (χ1) is 14.0. The van der Waals surface area contributed by atoms with Gasteiger partial charge in [-0.05, 0) is 36.3 Å². The molecule has 0 aliphatic carbocycles. The fourth-order valence-electron chi connectivity index (χ4n) is 4.45. The van der Waals surface area contributed by atoms with Crippen LogP contribution in [0.25, 0.3) is 0 Å². The van der Waals surface area contributed by atoms with Crippen LogP contribution in [0.1, 0.15) is 50.2 Å². The molecule has 0 bridgehead atoms. The molecule has 29 heavy (non-hydrogen) atoms. The molecule has 0 radical (unpaired) electrons. The minimum Gasteiger partial charge on any atom is -0.378 e. The maximum absolute atomic E-state index is 13.6. The lowest BCUT2D eigenvalue weighted by Gasteiger charge is -2.35. The number of benzene rings is 2. The van der Waals surface area contributed by atoms with E-state index < -0.39 is 0 Å². The van der Waals surface area contributed by atoms with E-state index in [1.54, 1.807) is 0 Å². The van der Waals surface area contributed by atoms with E-state index in [2.05, 4.69) is 18.7 Å². The van der Waals surface area contributed by atoms with Gasteiger partial charge in [-0.1, -0.05) is 74.5 Å². The summed E-state index contributed by atoms with van der Waals surface area (Å²) < 4.78 is 0. The Bertz CT molecular complexity index is 723. The molecule has 0 aromatic heterocycles. The SMILES string of the molecule is CC(C)CC(CN(C)C(=O)C(c1ccccc1)c1ccccc1)N1CCC[C@@H]1O. The number of rotatable bonds is 8. The van der Waals surface area contributed by atoms with Gasteiger partial charge in [0, 0.05) is 26.2 Å². The second kappa shape index (κ2) is 10.0. The third-order valence-electron chi connectivity index (χ3n) is 5.85. The normalized spacial score (nSPS) is 18.3. The van der Waals surface area contributed by atoms with Crippen molar-refractivity contribution in [1.29, 1.82) is 0 Å². The van der Waals surface area contributed by atoms with Crippen LogP contribution in [0.2, 0.25) is 0 Å². The van der Waals surface area contributed by atoms with Crippen molar-refractivity contribution < 1.29 is 9.90 Å². The Morgan fingerprint density at radius 3 is 2.07 bits per heavy atom. The molecule has 4 nitrogen and oxygen atoms in total. The highest BCUT2D eigenvalue weighted by Gasteiger charge is 2.33. The molecule has 2 aromatic carbocycles. The number of likely N-dealkylation sites (tertiary alicyclic amines) is 1. The first-order valence-electron chi connectivity index (χ1n) is 10.8. The summed E-state index contributed by atoms with van der Waals surface area (Å²) in [5.41, 5.74) is 2.02. The Balaban J connectivity index is 1.82. The van der Waals surface area contributed by atoms with Crippen molar-refractivity contribution in [2.45, 2.75) is 51.3 Å². The second-order valence-corrected chi connectivity index (χ2v) is 8.62. The number of hydrogen-bond donors (Lipinski definition) is 1. The molecular formula is C25H34N2O2. The molecule has 2 aromatic rings. The molecule has 3 rings (SSSR count). The average Bonchev–Trinajstić information content (AvgIpc) is 3.15. The van der Waals surface area contributed by atoms with Gasteiger partial charge in [0.25, 0.3) is 0 Å². The third-order valence-corrected chi connectivity index (χ3v) is 5.85. The van der Waals surface area contributed by atoms with Gasteiger partial charge in [0.05, 0.1) is 5.92 Å². The highest BCUT2D eigenvalue weighted by molar-refractivity contribution is 5.87. The topological polar surface area (TPSA) is 43.8 Å². The molecule has 1 heterocycles. The van der Waals surface area contributed by atoms with E-state index in [9.17, 15) is 9.90 Å². The molecule has 1 N–H and O–H groups in total. The van der Waals surface area contributed by atoms with Gasteiger partial charge in [-0.15, -0.1) is 0 Å². The fourth-order valence-corrected chi connectivity index (χ4v) is 4.45. The zero-order chi connectivity index (χ0) is 20.8. The molecule has 2 atom stereocenters. The summed E-state index contributed by atoms with van der Waals surface area (Å²) >= 11 is 0. The molecule has 1 amide bonds. The predicted molar refractivity (Wildman–Crippen MR) is 118 cm³/mol. The molecule has 1 saturated heterocycles. The van der Waals surface area contributed by atoms with Gasteiger partial charge in [0.1, 0.15) is 6.23 Å². The van der Waals surface area contributed by atoms with Crippen LogP contribution < -0.4 is 0 Å². The summed E-state index contributed by atoms with van der Waals surface area (Å²) in [6.45, 7) is 5.94. The molecule has 1 unspecified atom stereocenters. The Labute approximate surface area is 175 Å². The Hall–Kier alpha value is -2.17. The summed E-state index contributed by atoms with van der Waals surface area (Å²) in [4.78, 5) is 17.7. The first kappa shape index (κ1) is 21.5. The van der Waals surface area contributed by atoms with E-state index in [1.807, 2.05) is 72.6 Å². The Morgan fingerprint density at radius 1 is 1.07 bits per heavy atom. The van der Waals surface area contributed by atoms with Crippen LogP contribution in [0, 0.1) is 5.92 Å². The number of aliphatic hydroxyl groups excluding tert-OH is 1. The van der Waals surface area contributed by atoms with E-state index in [-0.39, 0.29) is 24.1 Å². The first-order valence-corrected chi connectivity index (χ1v) is 10.8. The molecule has 1 fully saturated rings. The van der Waals surface area contributed by atoms with Crippen molar-refractivity contribution in [3.8, 4) is 0 Å². The van der Waals surface area contributed by atoms with Crippen LogP contribution in [-0.2, 0) is 4.79 Å². The van der Waals surface area contributed by atoms with Crippen molar-refractivity contribution in [2.75, 3.05) is 20.1 Å². The van der Waals surface area contributed by atoms with Crippen LogP contribution in [-0.4, -0.2) is 53.2 Å². The van der Waals surface area contributed by atoms with Crippen molar-refractivity contribution in [3.63, 3.8) is 0 Å². The number of hydrogen-bond acceptors (Lipinski definition) is 3. The van der Waals surface area contributed by atoms with Crippen LogP contribution in [0.15, 0.2) is 60.7 Å². The minimum atomic E-state index is -0.388. The van der Waals surface area contributed by atoms with Crippen LogP contribution in [0.3, 0.4) is 0 Å². The number of carbonyl (C=O) groups is 1. The fraction of sp³-hybridized carbons (Fsp3) is 0.480. The van der Waals surface area contributed by atoms with Crippen LogP contribution in [0.4, 0.5) is 0 Å². The van der Waals surface area contributed by atoms with Gasteiger partial charge in [-0.3, -0.25) is 9.69 Å². The van der Waals surface area contributed by atoms with Crippen molar-refractivity contribution >= 4 is 5.91 Å². The molecule has 0 saturated carbocycles. The molecule has 1 aliphatic heterocycles. The quantitative estimate of drug-likeness (QED) is 0.733.